The second kappa shape index (κ2) is 10.8. The molecule has 1 fully saturated rings. The maximum absolute atomic E-state index is 13.6. The first-order chi connectivity index (χ1) is 16.1. The van der Waals surface area contributed by atoms with E-state index in [0.717, 1.165) is 59.5 Å². The fourth-order valence-corrected chi connectivity index (χ4v) is 4.90. The second-order valence-electron chi connectivity index (χ2n) is 8.20. The van der Waals surface area contributed by atoms with Crippen LogP contribution in [0.2, 0.25) is 0 Å². The van der Waals surface area contributed by atoms with Crippen molar-refractivity contribution in [1.29, 1.82) is 0 Å². The Morgan fingerprint density at radius 2 is 1.85 bits per heavy atom. The first-order valence-electron chi connectivity index (χ1n) is 11.4. The Hall–Kier alpha value is -2.93. The summed E-state index contributed by atoms with van der Waals surface area (Å²) < 4.78 is 11.2. The minimum Gasteiger partial charge on any atom is -0.497 e. The molecule has 1 unspecified atom stereocenters. The minimum atomic E-state index is -0.00707. The molecule has 0 saturated carbocycles. The minimum absolute atomic E-state index is 0.00707. The highest BCUT2D eigenvalue weighted by molar-refractivity contribution is 7.99. The molecule has 33 heavy (non-hydrogen) atoms. The Labute approximate surface area is 199 Å². The first-order valence-corrected chi connectivity index (χ1v) is 12.6. The molecule has 174 valence electrons. The number of nitrogens with zero attached hydrogens (tertiary/aromatic N) is 3. The highest BCUT2D eigenvalue weighted by atomic mass is 32.2. The first kappa shape index (κ1) is 23.2. The fraction of sp³-hybridized carbons (Fsp3) is 0.385. The zero-order valence-corrected chi connectivity index (χ0v) is 20.3. The van der Waals surface area contributed by atoms with Crippen LogP contribution in [0.4, 0.5) is 5.88 Å². The van der Waals surface area contributed by atoms with Crippen molar-refractivity contribution in [2.75, 3.05) is 36.6 Å². The van der Waals surface area contributed by atoms with E-state index in [9.17, 15) is 4.79 Å². The highest BCUT2D eigenvalue weighted by Crippen LogP contribution is 2.34. The summed E-state index contributed by atoms with van der Waals surface area (Å²) in [7, 11) is 1.62. The van der Waals surface area contributed by atoms with Crippen LogP contribution in [0.3, 0.4) is 0 Å². The van der Waals surface area contributed by atoms with Gasteiger partial charge in [-0.3, -0.25) is 4.79 Å². The molecule has 7 heteroatoms. The van der Waals surface area contributed by atoms with E-state index in [0.29, 0.717) is 12.1 Å². The molecular formula is C26H31N3O3S. The maximum Gasteiger partial charge on any atom is 0.254 e. The molecule has 3 aromatic rings. The molecule has 1 atom stereocenters. The summed E-state index contributed by atoms with van der Waals surface area (Å²) in [4.78, 5) is 17.8. The van der Waals surface area contributed by atoms with Crippen molar-refractivity contribution in [1.82, 2.24) is 10.1 Å². The van der Waals surface area contributed by atoms with Gasteiger partial charge in [-0.2, -0.15) is 11.8 Å². The van der Waals surface area contributed by atoms with Gasteiger partial charge in [-0.1, -0.05) is 42.4 Å². The van der Waals surface area contributed by atoms with Crippen LogP contribution in [-0.2, 0) is 6.54 Å². The third kappa shape index (κ3) is 5.19. The molecular weight excluding hydrogens is 434 g/mol. The van der Waals surface area contributed by atoms with Crippen molar-refractivity contribution in [2.24, 2.45) is 0 Å². The number of aromatic nitrogens is 1. The van der Waals surface area contributed by atoms with Gasteiger partial charge in [-0.15, -0.1) is 0 Å². The molecule has 0 bridgehead atoms. The van der Waals surface area contributed by atoms with Gasteiger partial charge in [0.15, 0.2) is 0 Å². The zero-order valence-electron chi connectivity index (χ0n) is 19.5. The number of carbonyl (C=O) groups excluding carboxylic acids is 1. The Morgan fingerprint density at radius 3 is 2.48 bits per heavy atom. The Kier molecular flexibility index (Phi) is 7.60. The van der Waals surface area contributed by atoms with Gasteiger partial charge in [0.1, 0.15) is 11.4 Å². The van der Waals surface area contributed by atoms with E-state index in [1.807, 2.05) is 71.3 Å². The number of methoxy groups -OCH3 is 1. The zero-order chi connectivity index (χ0) is 23.2. The van der Waals surface area contributed by atoms with Gasteiger partial charge in [-0.05, 0) is 37.6 Å². The molecule has 6 nitrogen and oxygen atoms in total. The van der Waals surface area contributed by atoms with Crippen molar-refractivity contribution in [2.45, 2.75) is 32.9 Å². The Morgan fingerprint density at radius 1 is 1.15 bits per heavy atom. The number of anilines is 1. The van der Waals surface area contributed by atoms with Crippen molar-refractivity contribution in [3.63, 3.8) is 0 Å². The molecule has 0 N–H and O–H groups in total. The van der Waals surface area contributed by atoms with Crippen LogP contribution in [0.15, 0.2) is 59.1 Å². The van der Waals surface area contributed by atoms with Gasteiger partial charge in [0.05, 0.1) is 19.2 Å². The lowest BCUT2D eigenvalue weighted by atomic mass is 10.0. The van der Waals surface area contributed by atoms with Gasteiger partial charge in [-0.25, -0.2) is 0 Å². The molecule has 0 aliphatic carbocycles. The number of benzene rings is 2. The molecule has 1 aliphatic rings. The second-order valence-corrected chi connectivity index (χ2v) is 9.42. The van der Waals surface area contributed by atoms with Crippen LogP contribution < -0.4 is 9.64 Å². The van der Waals surface area contributed by atoms with Crippen LogP contribution in [0.25, 0.3) is 11.3 Å². The average molecular weight is 466 g/mol. The summed E-state index contributed by atoms with van der Waals surface area (Å²) >= 11 is 1.95. The predicted octanol–water partition coefficient (Wildman–Crippen LogP) is 5.34. The summed E-state index contributed by atoms with van der Waals surface area (Å²) in [6.07, 6.45) is 0.851. The van der Waals surface area contributed by atoms with Crippen LogP contribution in [0.5, 0.6) is 5.75 Å². The van der Waals surface area contributed by atoms with E-state index in [4.69, 9.17) is 9.26 Å². The van der Waals surface area contributed by atoms with E-state index in [1.54, 1.807) is 7.11 Å². The van der Waals surface area contributed by atoms with Gasteiger partial charge in [0.25, 0.3) is 5.91 Å². The van der Waals surface area contributed by atoms with E-state index >= 15 is 0 Å². The van der Waals surface area contributed by atoms with Gasteiger partial charge in [0, 0.05) is 41.8 Å². The molecule has 1 saturated heterocycles. The van der Waals surface area contributed by atoms with E-state index in [-0.39, 0.29) is 11.9 Å². The van der Waals surface area contributed by atoms with Crippen molar-refractivity contribution in [3.8, 4) is 17.0 Å². The number of rotatable bonds is 8. The average Bonchev–Trinajstić information content (AvgIpc) is 3.31. The van der Waals surface area contributed by atoms with Crippen molar-refractivity contribution in [3.05, 3.63) is 65.7 Å². The molecule has 2 aromatic carbocycles. The number of thioether (sulfide) groups is 1. The quantitative estimate of drug-likeness (QED) is 0.447. The summed E-state index contributed by atoms with van der Waals surface area (Å²) in [5, 5.41) is 4.48. The van der Waals surface area contributed by atoms with Gasteiger partial charge < -0.3 is 19.1 Å². The molecule has 0 radical (unpaired) electrons. The Bertz CT molecular complexity index is 1050. The Balaban J connectivity index is 1.72. The predicted molar refractivity (Wildman–Crippen MR) is 134 cm³/mol. The van der Waals surface area contributed by atoms with Crippen LogP contribution in [0, 0.1) is 0 Å². The third-order valence-electron chi connectivity index (χ3n) is 6.16. The maximum atomic E-state index is 13.6. The summed E-state index contributed by atoms with van der Waals surface area (Å²) in [6, 6.07) is 17.4. The lowest BCUT2D eigenvalue weighted by Crippen LogP contribution is -2.39. The molecule has 1 aromatic heterocycles. The van der Waals surface area contributed by atoms with Crippen molar-refractivity contribution >= 4 is 23.6 Å². The van der Waals surface area contributed by atoms with Crippen LogP contribution in [-0.4, -0.2) is 53.7 Å². The number of hydrogen-bond acceptors (Lipinski definition) is 6. The number of carbonyl (C=O) groups is 1. The normalized spacial score (nSPS) is 14.7. The summed E-state index contributed by atoms with van der Waals surface area (Å²) in [5.41, 5.74) is 3.41. The highest BCUT2D eigenvalue weighted by Gasteiger charge is 2.29. The smallest absolute Gasteiger partial charge is 0.254 e. The summed E-state index contributed by atoms with van der Waals surface area (Å²) in [5.74, 6) is 3.62. The number of ether oxygens (including phenoxy) is 1. The topological polar surface area (TPSA) is 58.8 Å². The standard InChI is InChI=1S/C26H31N3O3S/c1-4-19(2)29(25(30)21-10-12-22(31-3)13-11-21)18-23-24(20-8-6-5-7-9-20)27-32-26(23)28-14-16-33-17-15-28/h5-13,19H,4,14-18H2,1-3H3. The monoisotopic (exact) mass is 465 g/mol. The SMILES string of the molecule is CCC(C)N(Cc1c(-c2ccccc2)noc1N1CCSCC1)C(=O)c1ccc(OC)cc1. The molecule has 1 amide bonds. The van der Waals surface area contributed by atoms with E-state index in [1.165, 1.54) is 0 Å². The van der Waals surface area contributed by atoms with Crippen LogP contribution in [0.1, 0.15) is 36.2 Å². The lowest BCUT2D eigenvalue weighted by molar-refractivity contribution is 0.0672. The van der Waals surface area contributed by atoms with E-state index in [2.05, 4.69) is 23.9 Å². The lowest BCUT2D eigenvalue weighted by Gasteiger charge is -2.31. The van der Waals surface area contributed by atoms with Gasteiger partial charge >= 0.3 is 0 Å². The van der Waals surface area contributed by atoms with E-state index < -0.39 is 0 Å². The molecule has 4 rings (SSSR count). The fourth-order valence-electron chi connectivity index (χ4n) is 4.00. The van der Waals surface area contributed by atoms with Crippen LogP contribution >= 0.6 is 11.8 Å². The molecule has 1 aliphatic heterocycles. The summed E-state index contributed by atoms with van der Waals surface area (Å²) in [6.45, 7) is 6.46. The van der Waals surface area contributed by atoms with Crippen molar-refractivity contribution < 1.29 is 14.1 Å². The molecule has 0 spiro atoms. The van der Waals surface area contributed by atoms with Gasteiger partial charge in [0.2, 0.25) is 5.88 Å². The third-order valence-corrected chi connectivity index (χ3v) is 7.10. The largest absolute Gasteiger partial charge is 0.497 e. The molecule has 2 heterocycles. The number of amides is 1. The number of hydrogen-bond donors (Lipinski definition) is 0.